The Balaban J connectivity index is 2.29. The molecule has 1 atom stereocenters. The summed E-state index contributed by atoms with van der Waals surface area (Å²) >= 11 is 1.63. The number of thiophene rings is 1. The van der Waals surface area contributed by atoms with Gasteiger partial charge in [0.15, 0.2) is 0 Å². The fourth-order valence-electron chi connectivity index (χ4n) is 1.75. The molecule has 0 spiro atoms. The van der Waals surface area contributed by atoms with Crippen molar-refractivity contribution in [1.29, 1.82) is 0 Å². The first kappa shape index (κ1) is 12.3. The van der Waals surface area contributed by atoms with Crippen molar-refractivity contribution < 1.29 is 5.11 Å². The summed E-state index contributed by atoms with van der Waals surface area (Å²) in [6.07, 6.45) is 2.00. The summed E-state index contributed by atoms with van der Waals surface area (Å²) in [4.78, 5) is 2.20. The predicted octanol–water partition coefficient (Wildman–Crippen LogP) is 2.45. The average Bonchev–Trinajstić information content (AvgIpc) is 2.87. The van der Waals surface area contributed by atoms with E-state index in [-0.39, 0.29) is 0 Å². The molecule has 0 radical (unpaired) electrons. The number of aliphatic hydroxyl groups excluding tert-OH is 1. The highest BCUT2D eigenvalue weighted by Gasteiger charge is 2.18. The topological polar surface area (TPSA) is 50.9 Å². The van der Waals surface area contributed by atoms with Gasteiger partial charge in [0.2, 0.25) is 0 Å². The third-order valence-corrected chi connectivity index (χ3v) is 4.02. The van der Waals surface area contributed by atoms with Crippen molar-refractivity contribution >= 4 is 11.3 Å². The lowest BCUT2D eigenvalue weighted by molar-refractivity contribution is 0.211. The molecular formula is C12H17N3OS. The molecule has 1 N–H and O–H groups in total. The first-order chi connectivity index (χ1) is 8.13. The molecule has 0 aliphatic carbocycles. The van der Waals surface area contributed by atoms with Gasteiger partial charge in [-0.1, -0.05) is 12.1 Å². The molecule has 0 bridgehead atoms. The van der Waals surface area contributed by atoms with Gasteiger partial charge < -0.3 is 5.11 Å². The Morgan fingerprint density at radius 1 is 1.47 bits per heavy atom. The van der Waals surface area contributed by atoms with Crippen molar-refractivity contribution in [3.63, 3.8) is 0 Å². The van der Waals surface area contributed by atoms with Gasteiger partial charge in [0.05, 0.1) is 11.9 Å². The number of aliphatic hydroxyl groups is 1. The van der Waals surface area contributed by atoms with Gasteiger partial charge in [-0.2, -0.15) is 0 Å². The minimum absolute atomic E-state index is 0.617. The monoisotopic (exact) mass is 251 g/mol. The number of aryl methyl sites for hydroxylation is 3. The van der Waals surface area contributed by atoms with Crippen LogP contribution >= 0.6 is 11.3 Å². The zero-order chi connectivity index (χ0) is 12.4. The van der Waals surface area contributed by atoms with Crippen LogP contribution in [0.5, 0.6) is 0 Å². The van der Waals surface area contributed by atoms with Crippen molar-refractivity contribution in [2.24, 2.45) is 0 Å². The van der Waals surface area contributed by atoms with Crippen LogP contribution in [0.4, 0.5) is 0 Å². The minimum Gasteiger partial charge on any atom is -0.381 e. The van der Waals surface area contributed by atoms with E-state index < -0.39 is 6.10 Å². The largest absolute Gasteiger partial charge is 0.381 e. The van der Waals surface area contributed by atoms with E-state index >= 15 is 0 Å². The van der Waals surface area contributed by atoms with E-state index in [0.717, 1.165) is 23.5 Å². The molecule has 0 saturated heterocycles. The van der Waals surface area contributed by atoms with Crippen molar-refractivity contribution in [1.82, 2.24) is 15.0 Å². The zero-order valence-electron chi connectivity index (χ0n) is 10.3. The molecule has 0 aliphatic rings. The van der Waals surface area contributed by atoms with E-state index in [1.165, 1.54) is 10.4 Å². The van der Waals surface area contributed by atoms with Crippen molar-refractivity contribution in [3.05, 3.63) is 33.3 Å². The highest BCUT2D eigenvalue weighted by Crippen LogP contribution is 2.30. The Labute approximate surface area is 105 Å². The number of nitrogens with zero attached hydrogens (tertiary/aromatic N) is 3. The van der Waals surface area contributed by atoms with Crippen molar-refractivity contribution in [2.75, 3.05) is 0 Å². The van der Waals surface area contributed by atoms with Crippen LogP contribution in [-0.2, 0) is 6.54 Å². The maximum absolute atomic E-state index is 10.3. The van der Waals surface area contributed by atoms with Crippen LogP contribution in [0.25, 0.3) is 0 Å². The fourth-order valence-corrected chi connectivity index (χ4v) is 2.79. The maximum Gasteiger partial charge on any atom is 0.131 e. The lowest BCUT2D eigenvalue weighted by Gasteiger charge is -2.09. The number of hydrogen-bond acceptors (Lipinski definition) is 4. The Kier molecular flexibility index (Phi) is 3.59. The average molecular weight is 251 g/mol. The molecule has 0 aromatic carbocycles. The van der Waals surface area contributed by atoms with Crippen molar-refractivity contribution in [2.45, 2.75) is 39.8 Å². The standard InChI is InChI=1S/C12H17N3OS/c1-4-5-15-10(7-13-14-15)12(16)11-6-8(2)9(3)17-11/h6-7,12,16H,4-5H2,1-3H3. The highest BCUT2D eigenvalue weighted by molar-refractivity contribution is 7.12. The van der Waals surface area contributed by atoms with Crippen LogP contribution in [0.15, 0.2) is 12.3 Å². The van der Waals surface area contributed by atoms with E-state index in [1.807, 2.05) is 6.07 Å². The summed E-state index contributed by atoms with van der Waals surface area (Å²) in [5.74, 6) is 0. The predicted molar refractivity (Wildman–Crippen MR) is 68.2 cm³/mol. The second kappa shape index (κ2) is 4.98. The van der Waals surface area contributed by atoms with Gasteiger partial charge in [-0.05, 0) is 31.9 Å². The molecule has 0 amide bonds. The lowest BCUT2D eigenvalue weighted by Crippen LogP contribution is -2.09. The van der Waals surface area contributed by atoms with E-state index in [9.17, 15) is 5.11 Å². The van der Waals surface area contributed by atoms with Crippen LogP contribution in [0, 0.1) is 13.8 Å². The van der Waals surface area contributed by atoms with E-state index in [4.69, 9.17) is 0 Å². The summed E-state index contributed by atoms with van der Waals surface area (Å²) < 4.78 is 1.77. The Bertz CT molecular complexity index is 484. The first-order valence-electron chi connectivity index (χ1n) is 5.76. The molecule has 5 heteroatoms. The number of rotatable bonds is 4. The third kappa shape index (κ3) is 2.40. The smallest absolute Gasteiger partial charge is 0.131 e. The Hall–Kier alpha value is -1.20. The maximum atomic E-state index is 10.3. The second-order valence-corrected chi connectivity index (χ2v) is 5.46. The van der Waals surface area contributed by atoms with Gasteiger partial charge in [0.25, 0.3) is 0 Å². The second-order valence-electron chi connectivity index (χ2n) is 4.17. The van der Waals surface area contributed by atoms with Gasteiger partial charge >= 0.3 is 0 Å². The van der Waals surface area contributed by atoms with E-state index in [0.29, 0.717) is 0 Å². The number of aromatic nitrogens is 3. The molecule has 1 unspecified atom stereocenters. The highest BCUT2D eigenvalue weighted by atomic mass is 32.1. The van der Waals surface area contributed by atoms with Crippen LogP contribution in [-0.4, -0.2) is 20.1 Å². The summed E-state index contributed by atoms with van der Waals surface area (Å²) in [6, 6.07) is 2.04. The fraction of sp³-hybridized carbons (Fsp3) is 0.500. The lowest BCUT2D eigenvalue weighted by atomic mass is 10.2. The van der Waals surface area contributed by atoms with E-state index in [1.54, 1.807) is 22.2 Å². The van der Waals surface area contributed by atoms with Gasteiger partial charge in [0.1, 0.15) is 6.10 Å². The summed E-state index contributed by atoms with van der Waals surface area (Å²) in [6.45, 7) is 6.99. The quantitative estimate of drug-likeness (QED) is 0.908. The molecule has 2 aromatic rings. The summed E-state index contributed by atoms with van der Waals surface area (Å²) in [7, 11) is 0. The molecule has 2 heterocycles. The molecule has 17 heavy (non-hydrogen) atoms. The molecule has 4 nitrogen and oxygen atoms in total. The molecule has 92 valence electrons. The van der Waals surface area contributed by atoms with Gasteiger partial charge in [-0.3, -0.25) is 0 Å². The Morgan fingerprint density at radius 3 is 2.82 bits per heavy atom. The summed E-state index contributed by atoms with van der Waals surface area (Å²) in [5.41, 5.74) is 1.99. The van der Waals surface area contributed by atoms with Crippen LogP contribution in [0.1, 0.15) is 40.5 Å². The molecular weight excluding hydrogens is 234 g/mol. The molecule has 2 rings (SSSR count). The zero-order valence-corrected chi connectivity index (χ0v) is 11.2. The van der Waals surface area contributed by atoms with Crippen LogP contribution in [0.3, 0.4) is 0 Å². The molecule has 2 aromatic heterocycles. The Morgan fingerprint density at radius 2 is 2.24 bits per heavy atom. The minimum atomic E-state index is -0.617. The third-order valence-electron chi connectivity index (χ3n) is 2.82. The normalized spacial score (nSPS) is 12.9. The molecule has 0 saturated carbocycles. The summed E-state index contributed by atoms with van der Waals surface area (Å²) in [5, 5.41) is 18.2. The van der Waals surface area contributed by atoms with Crippen molar-refractivity contribution in [3.8, 4) is 0 Å². The first-order valence-corrected chi connectivity index (χ1v) is 6.58. The van der Waals surface area contributed by atoms with E-state index in [2.05, 4.69) is 31.1 Å². The van der Waals surface area contributed by atoms with Gasteiger partial charge in [0, 0.05) is 16.3 Å². The molecule has 0 aliphatic heterocycles. The SMILES string of the molecule is CCCn1nncc1C(O)c1cc(C)c(C)s1. The van der Waals surface area contributed by atoms with Gasteiger partial charge in [-0.15, -0.1) is 16.4 Å². The van der Waals surface area contributed by atoms with Gasteiger partial charge in [-0.25, -0.2) is 4.68 Å². The van der Waals surface area contributed by atoms with Crippen LogP contribution < -0.4 is 0 Å². The number of hydrogen-bond donors (Lipinski definition) is 1. The molecule has 0 fully saturated rings. The van der Waals surface area contributed by atoms with Crippen LogP contribution in [0.2, 0.25) is 0 Å².